The van der Waals surface area contributed by atoms with E-state index in [0.717, 1.165) is 11.8 Å². The molecule has 1 atom stereocenters. The summed E-state index contributed by atoms with van der Waals surface area (Å²) in [5, 5.41) is 12.3. The zero-order chi connectivity index (χ0) is 17.8. The third kappa shape index (κ3) is 4.02. The number of imide groups is 1. The molecular weight excluding hydrogens is 348 g/mol. The number of hydrogen-bond donors (Lipinski definition) is 2. The van der Waals surface area contributed by atoms with E-state index in [2.05, 4.69) is 20.8 Å². The van der Waals surface area contributed by atoms with Crippen molar-refractivity contribution in [1.82, 2.24) is 20.8 Å². The fourth-order valence-corrected chi connectivity index (χ4v) is 2.71. The number of thioether (sulfide) groups is 1. The molecule has 0 saturated carbocycles. The van der Waals surface area contributed by atoms with E-state index in [1.807, 2.05) is 0 Å². The van der Waals surface area contributed by atoms with Crippen molar-refractivity contribution in [3.63, 3.8) is 0 Å². The summed E-state index contributed by atoms with van der Waals surface area (Å²) in [4.78, 5) is 23.3. The number of carbonyl (C=O) groups excluding carboxylic acids is 2. The zero-order valence-corrected chi connectivity index (χ0v) is 14.4. The number of aromatic nitrogens is 2. The van der Waals surface area contributed by atoms with Gasteiger partial charge in [-0.1, -0.05) is 11.8 Å². The van der Waals surface area contributed by atoms with E-state index in [9.17, 15) is 9.59 Å². The molecule has 132 valence electrons. The summed E-state index contributed by atoms with van der Waals surface area (Å²) in [6.45, 7) is 4.02. The molecular formula is C15H16N4O5S. The fraction of sp³-hybridized carbons (Fsp3) is 0.333. The number of ether oxygens (including phenoxy) is 2. The van der Waals surface area contributed by atoms with Gasteiger partial charge in [0.15, 0.2) is 11.5 Å². The van der Waals surface area contributed by atoms with Gasteiger partial charge >= 0.3 is 6.03 Å². The Morgan fingerprint density at radius 2 is 2.08 bits per heavy atom. The van der Waals surface area contributed by atoms with Crippen LogP contribution in [0.15, 0.2) is 27.8 Å². The molecule has 0 fully saturated rings. The Kier molecular flexibility index (Phi) is 5.08. The molecule has 3 amide bonds. The van der Waals surface area contributed by atoms with Gasteiger partial charge in [-0.3, -0.25) is 10.1 Å². The first kappa shape index (κ1) is 17.1. The van der Waals surface area contributed by atoms with Gasteiger partial charge in [0.1, 0.15) is 0 Å². The minimum atomic E-state index is -0.576. The average molecular weight is 364 g/mol. The molecule has 10 heteroatoms. The molecule has 0 bridgehead atoms. The first-order valence-electron chi connectivity index (χ1n) is 7.55. The first-order valence-corrected chi connectivity index (χ1v) is 8.43. The van der Waals surface area contributed by atoms with E-state index < -0.39 is 17.2 Å². The van der Waals surface area contributed by atoms with Crippen molar-refractivity contribution in [2.45, 2.75) is 24.3 Å². The maximum atomic E-state index is 11.9. The Morgan fingerprint density at radius 1 is 1.28 bits per heavy atom. The average Bonchev–Trinajstić information content (AvgIpc) is 3.23. The van der Waals surface area contributed by atoms with Gasteiger partial charge in [0.2, 0.25) is 18.6 Å². The lowest BCUT2D eigenvalue weighted by Crippen LogP contribution is -2.42. The molecule has 1 aliphatic heterocycles. The minimum absolute atomic E-state index is 0.182. The number of urea groups is 1. The molecule has 3 rings (SSSR count). The number of benzene rings is 1. The molecule has 0 spiro atoms. The maximum Gasteiger partial charge on any atom is 0.321 e. The van der Waals surface area contributed by atoms with E-state index in [4.69, 9.17) is 13.9 Å². The summed E-state index contributed by atoms with van der Waals surface area (Å²) in [5.74, 6) is 1.13. The van der Waals surface area contributed by atoms with E-state index in [1.54, 1.807) is 32.0 Å². The second-order valence-electron chi connectivity index (χ2n) is 5.05. The highest BCUT2D eigenvalue weighted by atomic mass is 32.2. The quantitative estimate of drug-likeness (QED) is 0.772. The highest BCUT2D eigenvalue weighted by Gasteiger charge is 2.21. The Hall–Kier alpha value is -2.75. The predicted octanol–water partition coefficient (Wildman–Crippen LogP) is 1.79. The molecule has 1 unspecified atom stereocenters. The monoisotopic (exact) mass is 364 g/mol. The van der Waals surface area contributed by atoms with E-state index in [1.165, 1.54) is 0 Å². The summed E-state index contributed by atoms with van der Waals surface area (Å²) in [7, 11) is 0. The van der Waals surface area contributed by atoms with Crippen LogP contribution in [0, 0.1) is 0 Å². The van der Waals surface area contributed by atoms with Crippen molar-refractivity contribution in [1.29, 1.82) is 0 Å². The lowest BCUT2D eigenvalue weighted by atomic mass is 10.2. The second kappa shape index (κ2) is 7.43. The topological polar surface area (TPSA) is 116 Å². The van der Waals surface area contributed by atoms with E-state index >= 15 is 0 Å². The van der Waals surface area contributed by atoms with Gasteiger partial charge in [0, 0.05) is 12.1 Å². The minimum Gasteiger partial charge on any atom is -0.454 e. The third-order valence-corrected chi connectivity index (χ3v) is 4.18. The zero-order valence-electron chi connectivity index (χ0n) is 13.6. The van der Waals surface area contributed by atoms with Gasteiger partial charge in [-0.15, -0.1) is 10.2 Å². The lowest BCUT2D eigenvalue weighted by molar-refractivity contribution is -0.119. The Morgan fingerprint density at radius 3 is 2.88 bits per heavy atom. The fourth-order valence-electron chi connectivity index (χ4n) is 2.03. The van der Waals surface area contributed by atoms with Crippen molar-refractivity contribution in [2.24, 2.45) is 0 Å². The molecule has 9 nitrogen and oxygen atoms in total. The van der Waals surface area contributed by atoms with Gasteiger partial charge in [-0.2, -0.15) is 0 Å². The summed E-state index contributed by atoms with van der Waals surface area (Å²) in [6, 6.07) is 4.75. The number of hydrogen-bond acceptors (Lipinski definition) is 8. The van der Waals surface area contributed by atoms with Crippen LogP contribution in [0.4, 0.5) is 4.79 Å². The first-order chi connectivity index (χ1) is 12.1. The van der Waals surface area contributed by atoms with Gasteiger partial charge in [0.25, 0.3) is 5.22 Å². The van der Waals surface area contributed by atoms with Gasteiger partial charge in [-0.05, 0) is 32.0 Å². The Bertz CT molecular complexity index is 794. The van der Waals surface area contributed by atoms with Crippen molar-refractivity contribution < 1.29 is 23.5 Å². The van der Waals surface area contributed by atoms with Crippen LogP contribution in [-0.2, 0) is 4.79 Å². The number of nitrogens with zero attached hydrogens (tertiary/aromatic N) is 2. The molecule has 25 heavy (non-hydrogen) atoms. The van der Waals surface area contributed by atoms with Crippen LogP contribution in [0.1, 0.15) is 13.8 Å². The maximum absolute atomic E-state index is 11.9. The number of amides is 3. The smallest absolute Gasteiger partial charge is 0.321 e. The highest BCUT2D eigenvalue weighted by molar-refractivity contribution is 8.00. The Balaban J connectivity index is 1.63. The summed E-state index contributed by atoms with van der Waals surface area (Å²) in [5.41, 5.74) is 0.683. The van der Waals surface area contributed by atoms with Crippen LogP contribution in [-0.4, -0.2) is 40.7 Å². The van der Waals surface area contributed by atoms with Crippen molar-refractivity contribution >= 4 is 23.7 Å². The number of nitrogens with one attached hydrogen (secondary N) is 2. The van der Waals surface area contributed by atoms with E-state index in [-0.39, 0.29) is 12.0 Å². The van der Waals surface area contributed by atoms with Crippen LogP contribution in [0.25, 0.3) is 11.5 Å². The van der Waals surface area contributed by atoms with Crippen LogP contribution in [0.2, 0.25) is 0 Å². The largest absolute Gasteiger partial charge is 0.454 e. The molecule has 0 aliphatic carbocycles. The summed E-state index contributed by atoms with van der Waals surface area (Å²) >= 11 is 1.06. The molecule has 1 aromatic carbocycles. The second-order valence-corrected chi connectivity index (χ2v) is 6.34. The van der Waals surface area contributed by atoms with Crippen LogP contribution in [0.3, 0.4) is 0 Å². The third-order valence-electron chi connectivity index (χ3n) is 3.25. The number of rotatable bonds is 5. The molecule has 2 N–H and O–H groups in total. The van der Waals surface area contributed by atoms with Gasteiger partial charge in [-0.25, -0.2) is 4.79 Å². The SMILES string of the molecule is CCNC(=O)NC(=O)C(C)Sc1nnc(-c2ccc3c(c2)OCO3)o1. The Labute approximate surface area is 147 Å². The molecule has 1 aromatic heterocycles. The molecule has 1 aliphatic rings. The van der Waals surface area contributed by atoms with Crippen LogP contribution >= 0.6 is 11.8 Å². The van der Waals surface area contributed by atoms with Crippen molar-refractivity contribution in [3.8, 4) is 23.0 Å². The number of fused-ring (bicyclic) bond motifs is 1. The van der Waals surface area contributed by atoms with Gasteiger partial charge < -0.3 is 19.2 Å². The normalized spacial score (nSPS) is 13.4. The van der Waals surface area contributed by atoms with Crippen LogP contribution in [0.5, 0.6) is 11.5 Å². The van der Waals surface area contributed by atoms with Gasteiger partial charge in [0.05, 0.1) is 5.25 Å². The molecule has 2 heterocycles. The molecule has 2 aromatic rings. The van der Waals surface area contributed by atoms with E-state index in [0.29, 0.717) is 29.5 Å². The van der Waals surface area contributed by atoms with Crippen molar-refractivity contribution in [3.05, 3.63) is 18.2 Å². The molecule has 0 radical (unpaired) electrons. The van der Waals surface area contributed by atoms with Crippen LogP contribution < -0.4 is 20.1 Å². The standard InChI is InChI=1S/C15H16N4O5S/c1-3-16-14(21)17-12(20)8(2)25-15-19-18-13(24-15)9-4-5-10-11(6-9)23-7-22-10/h4-6,8H,3,7H2,1-2H3,(H2,16,17,20,21). The number of carbonyl (C=O) groups is 2. The molecule has 0 saturated heterocycles. The lowest BCUT2D eigenvalue weighted by Gasteiger charge is -2.08. The highest BCUT2D eigenvalue weighted by Crippen LogP contribution is 2.36. The summed E-state index contributed by atoms with van der Waals surface area (Å²) < 4.78 is 16.1. The van der Waals surface area contributed by atoms with Crippen molar-refractivity contribution in [2.75, 3.05) is 13.3 Å². The summed E-state index contributed by atoms with van der Waals surface area (Å²) in [6.07, 6.45) is 0. The predicted molar refractivity (Wildman–Crippen MR) is 88.4 cm³/mol.